The summed E-state index contributed by atoms with van der Waals surface area (Å²) >= 11 is 0. The first kappa shape index (κ1) is 20.6. The molecule has 5 nitrogen and oxygen atoms in total. The van der Waals surface area contributed by atoms with Gasteiger partial charge in [0.1, 0.15) is 12.4 Å². The molecule has 3 aromatic rings. The molecule has 5 heteroatoms. The monoisotopic (exact) mass is 428 g/mol. The van der Waals surface area contributed by atoms with E-state index >= 15 is 0 Å². The van der Waals surface area contributed by atoms with Crippen molar-refractivity contribution in [3.05, 3.63) is 95.6 Å². The van der Waals surface area contributed by atoms with E-state index in [2.05, 4.69) is 47.6 Å². The lowest BCUT2D eigenvalue weighted by Gasteiger charge is -2.29. The van der Waals surface area contributed by atoms with Gasteiger partial charge < -0.3 is 19.7 Å². The molecule has 32 heavy (non-hydrogen) atoms. The molecule has 1 heterocycles. The Labute approximate surface area is 189 Å². The summed E-state index contributed by atoms with van der Waals surface area (Å²) in [7, 11) is 2.17. The molecule has 1 fully saturated rings. The molecule has 0 spiro atoms. The minimum Gasteiger partial charge on any atom is -0.429 e. The molecular weight excluding hydrogens is 400 g/mol. The number of anilines is 1. The quantitative estimate of drug-likeness (QED) is 0.429. The van der Waals surface area contributed by atoms with Gasteiger partial charge in [0.15, 0.2) is 0 Å². The molecule has 1 aliphatic heterocycles. The lowest BCUT2D eigenvalue weighted by Crippen LogP contribution is -2.44. The van der Waals surface area contributed by atoms with Crippen LogP contribution in [-0.2, 0) is 17.9 Å². The van der Waals surface area contributed by atoms with Crippen molar-refractivity contribution < 1.29 is 14.3 Å². The van der Waals surface area contributed by atoms with Gasteiger partial charge in [-0.05, 0) is 47.7 Å². The summed E-state index contributed by atoms with van der Waals surface area (Å²) in [6.07, 6.45) is 1.58. The van der Waals surface area contributed by atoms with Crippen molar-refractivity contribution in [1.82, 2.24) is 5.32 Å². The molecule has 0 radical (unpaired) electrons. The minimum atomic E-state index is -0.675. The SMILES string of the molecule is CN1c2ccc(OC(=O)OCc3ccccc3)cc2C2CCC(NCc3ccccc3)C21. The van der Waals surface area contributed by atoms with Gasteiger partial charge >= 0.3 is 6.16 Å². The predicted molar refractivity (Wildman–Crippen MR) is 125 cm³/mol. The number of ether oxygens (including phenoxy) is 2. The van der Waals surface area contributed by atoms with Crippen LogP contribution in [0, 0.1) is 0 Å². The number of hydrogen-bond donors (Lipinski definition) is 1. The highest BCUT2D eigenvalue weighted by atomic mass is 16.7. The number of nitrogens with zero attached hydrogens (tertiary/aromatic N) is 1. The Hall–Kier alpha value is -3.31. The third-order valence-corrected chi connectivity index (χ3v) is 6.65. The molecule has 3 atom stereocenters. The van der Waals surface area contributed by atoms with Gasteiger partial charge in [-0.25, -0.2) is 4.79 Å². The highest BCUT2D eigenvalue weighted by Crippen LogP contribution is 2.49. The Morgan fingerprint density at radius 3 is 2.44 bits per heavy atom. The number of benzene rings is 3. The number of carbonyl (C=O) groups is 1. The van der Waals surface area contributed by atoms with Gasteiger partial charge in [0.05, 0.1) is 6.04 Å². The Balaban J connectivity index is 1.22. The van der Waals surface area contributed by atoms with Gasteiger partial charge in [0, 0.05) is 31.2 Å². The lowest BCUT2D eigenvalue weighted by atomic mass is 9.96. The van der Waals surface area contributed by atoms with Crippen LogP contribution in [-0.4, -0.2) is 25.3 Å². The first-order valence-electron chi connectivity index (χ1n) is 11.2. The van der Waals surface area contributed by atoms with E-state index in [1.165, 1.54) is 16.8 Å². The topological polar surface area (TPSA) is 50.8 Å². The molecule has 1 saturated carbocycles. The van der Waals surface area contributed by atoms with E-state index in [9.17, 15) is 4.79 Å². The van der Waals surface area contributed by atoms with Crippen molar-refractivity contribution in [3.63, 3.8) is 0 Å². The zero-order valence-electron chi connectivity index (χ0n) is 18.2. The maximum atomic E-state index is 12.2. The Morgan fingerprint density at radius 2 is 1.69 bits per heavy atom. The summed E-state index contributed by atoms with van der Waals surface area (Å²) in [6.45, 7) is 1.08. The maximum absolute atomic E-state index is 12.2. The van der Waals surface area contributed by atoms with Crippen LogP contribution in [0.4, 0.5) is 10.5 Å². The molecular formula is C27H28N2O3. The summed E-state index contributed by atoms with van der Waals surface area (Å²) in [4.78, 5) is 14.6. The van der Waals surface area contributed by atoms with E-state index < -0.39 is 6.16 Å². The minimum absolute atomic E-state index is 0.201. The van der Waals surface area contributed by atoms with Crippen LogP contribution in [0.5, 0.6) is 5.75 Å². The molecule has 0 amide bonds. The third kappa shape index (κ3) is 4.21. The zero-order valence-corrected chi connectivity index (χ0v) is 18.2. The van der Waals surface area contributed by atoms with Crippen LogP contribution >= 0.6 is 0 Å². The van der Waals surface area contributed by atoms with E-state index in [0.29, 0.717) is 23.8 Å². The van der Waals surface area contributed by atoms with Gasteiger partial charge in [0.2, 0.25) is 0 Å². The second kappa shape index (κ2) is 9.05. The fraction of sp³-hybridized carbons (Fsp3) is 0.296. The van der Waals surface area contributed by atoms with Crippen molar-refractivity contribution in [2.24, 2.45) is 0 Å². The molecule has 5 rings (SSSR count). The first-order chi connectivity index (χ1) is 15.7. The predicted octanol–water partition coefficient (Wildman–Crippen LogP) is 5.26. The second-order valence-electron chi connectivity index (χ2n) is 8.61. The number of rotatable bonds is 6. The van der Waals surface area contributed by atoms with Gasteiger partial charge in [-0.3, -0.25) is 0 Å². The van der Waals surface area contributed by atoms with Crippen molar-refractivity contribution in [2.75, 3.05) is 11.9 Å². The van der Waals surface area contributed by atoms with Gasteiger partial charge in [-0.2, -0.15) is 0 Å². The summed E-state index contributed by atoms with van der Waals surface area (Å²) in [5.74, 6) is 0.976. The van der Waals surface area contributed by atoms with Gasteiger partial charge in [-0.1, -0.05) is 60.7 Å². The molecule has 1 aliphatic carbocycles. The largest absolute Gasteiger partial charge is 0.514 e. The fourth-order valence-electron chi connectivity index (χ4n) is 5.15. The Kier molecular flexibility index (Phi) is 5.82. The van der Waals surface area contributed by atoms with E-state index in [4.69, 9.17) is 9.47 Å². The molecule has 0 aromatic heterocycles. The molecule has 0 saturated heterocycles. The Morgan fingerprint density at radius 1 is 0.969 bits per heavy atom. The fourth-order valence-corrected chi connectivity index (χ4v) is 5.15. The van der Waals surface area contributed by atoms with Crippen LogP contribution in [0.15, 0.2) is 78.9 Å². The summed E-state index contributed by atoms with van der Waals surface area (Å²) in [5, 5.41) is 3.77. The smallest absolute Gasteiger partial charge is 0.429 e. The number of carbonyl (C=O) groups excluding carboxylic acids is 1. The number of hydrogen-bond acceptors (Lipinski definition) is 5. The Bertz CT molecular complexity index is 1070. The summed E-state index contributed by atoms with van der Waals surface area (Å²) in [5.41, 5.74) is 4.72. The lowest BCUT2D eigenvalue weighted by molar-refractivity contribution is 0.0927. The van der Waals surface area contributed by atoms with Crippen molar-refractivity contribution in [3.8, 4) is 5.75 Å². The number of fused-ring (bicyclic) bond motifs is 3. The molecule has 1 N–H and O–H groups in total. The standard InChI is InChI=1S/C27H28N2O3/c1-29-25-15-12-21(32-27(30)31-18-20-10-6-3-7-11-20)16-23(25)22-13-14-24(26(22)29)28-17-19-8-4-2-5-9-19/h2-12,15-16,22,24,26,28H,13-14,17-18H2,1H3. The van der Waals surface area contributed by atoms with E-state index in [-0.39, 0.29) is 6.61 Å². The molecule has 0 bridgehead atoms. The third-order valence-electron chi connectivity index (χ3n) is 6.65. The van der Waals surface area contributed by atoms with Gasteiger partial charge in [-0.15, -0.1) is 0 Å². The molecule has 3 unspecified atom stereocenters. The maximum Gasteiger partial charge on any atom is 0.514 e. The van der Waals surface area contributed by atoms with Crippen molar-refractivity contribution in [1.29, 1.82) is 0 Å². The molecule has 3 aromatic carbocycles. The summed E-state index contributed by atoms with van der Waals surface area (Å²) < 4.78 is 10.8. The van der Waals surface area contributed by atoms with Crippen molar-refractivity contribution in [2.45, 2.75) is 44.0 Å². The van der Waals surface area contributed by atoms with Crippen molar-refractivity contribution >= 4 is 11.8 Å². The highest BCUT2D eigenvalue weighted by Gasteiger charge is 2.45. The number of nitrogens with one attached hydrogen (secondary N) is 1. The average Bonchev–Trinajstić information content (AvgIpc) is 3.37. The molecule has 164 valence electrons. The van der Waals surface area contributed by atoms with Crippen LogP contribution in [0.1, 0.15) is 35.4 Å². The molecule has 2 aliphatic rings. The van der Waals surface area contributed by atoms with Crippen LogP contribution in [0.3, 0.4) is 0 Å². The van der Waals surface area contributed by atoms with Crippen LogP contribution < -0.4 is 15.0 Å². The number of likely N-dealkylation sites (N-methyl/N-ethyl adjacent to an activating group) is 1. The first-order valence-corrected chi connectivity index (χ1v) is 11.2. The second-order valence-corrected chi connectivity index (χ2v) is 8.61. The van der Waals surface area contributed by atoms with Crippen LogP contribution in [0.25, 0.3) is 0 Å². The van der Waals surface area contributed by atoms with E-state index in [1.807, 2.05) is 48.5 Å². The normalized spacial score (nSPS) is 21.2. The van der Waals surface area contributed by atoms with E-state index in [0.717, 1.165) is 24.9 Å². The van der Waals surface area contributed by atoms with E-state index in [1.54, 1.807) is 0 Å². The van der Waals surface area contributed by atoms with Crippen LogP contribution in [0.2, 0.25) is 0 Å². The van der Waals surface area contributed by atoms with Gasteiger partial charge in [0.25, 0.3) is 0 Å². The average molecular weight is 429 g/mol. The summed E-state index contributed by atoms with van der Waals surface area (Å²) in [6, 6.07) is 26.9. The highest BCUT2D eigenvalue weighted by molar-refractivity contribution is 5.68. The zero-order chi connectivity index (χ0) is 21.9.